The van der Waals surface area contributed by atoms with Crippen LogP contribution in [0.25, 0.3) is 0 Å². The molecule has 0 rings (SSSR count). The highest BCUT2D eigenvalue weighted by Gasteiger charge is 2.27. The van der Waals surface area contributed by atoms with Crippen molar-refractivity contribution in [2.75, 3.05) is 40.9 Å². The van der Waals surface area contributed by atoms with Gasteiger partial charge in [0.25, 0.3) is 0 Å². The standard InChI is InChI=1S/C52H97N2O6P/c1-6-8-10-12-14-16-18-20-22-24-25-26-27-28-30-31-33-35-37-39-41-43-45-51(55)50(49-60-61(57,58)59-48-47-54(3,4)5)53-52(56)46-44-42-40-38-36-34-32-29-23-21-19-17-15-13-11-9-7-2/h9,11,15,17,21,23,35,37,43,45,50-51,55H,6-8,10,12-14,16,18-20,22,24-34,36,38-42,44,46-49H2,1-5H3,(H-,53,56,57,58)/p+1/b11-9-,17-15-,23-21-,37-35+,45-43+. The van der Waals surface area contributed by atoms with E-state index in [0.29, 0.717) is 17.4 Å². The molecule has 0 bridgehead atoms. The van der Waals surface area contributed by atoms with E-state index in [1.54, 1.807) is 6.08 Å². The maximum absolute atomic E-state index is 12.9. The number of aliphatic hydroxyl groups is 1. The maximum Gasteiger partial charge on any atom is 0.472 e. The lowest BCUT2D eigenvalue weighted by atomic mass is 10.0. The number of quaternary nitrogens is 1. The van der Waals surface area contributed by atoms with Crippen LogP contribution in [0, 0.1) is 0 Å². The smallest absolute Gasteiger partial charge is 0.387 e. The summed E-state index contributed by atoms with van der Waals surface area (Å²) in [5.74, 6) is -0.198. The zero-order chi connectivity index (χ0) is 45.0. The minimum atomic E-state index is -4.36. The van der Waals surface area contributed by atoms with Gasteiger partial charge in [-0.3, -0.25) is 13.8 Å². The highest BCUT2D eigenvalue weighted by atomic mass is 31.2. The lowest BCUT2D eigenvalue weighted by Crippen LogP contribution is -2.45. The van der Waals surface area contributed by atoms with Crippen molar-refractivity contribution in [3.05, 3.63) is 60.8 Å². The van der Waals surface area contributed by atoms with E-state index < -0.39 is 20.0 Å². The third-order valence-electron chi connectivity index (χ3n) is 11.0. The molecule has 9 heteroatoms. The third kappa shape index (κ3) is 46.0. The fourth-order valence-corrected chi connectivity index (χ4v) is 7.75. The van der Waals surface area contributed by atoms with E-state index in [0.717, 1.165) is 70.6 Å². The first kappa shape index (κ1) is 59.2. The predicted molar refractivity (Wildman–Crippen MR) is 263 cm³/mol. The normalized spacial score (nSPS) is 14.7. The van der Waals surface area contributed by atoms with Gasteiger partial charge in [0.2, 0.25) is 5.91 Å². The quantitative estimate of drug-likeness (QED) is 0.0244. The second-order valence-corrected chi connectivity index (χ2v) is 19.6. The van der Waals surface area contributed by atoms with Crippen LogP contribution < -0.4 is 5.32 Å². The Morgan fingerprint density at radius 1 is 0.574 bits per heavy atom. The van der Waals surface area contributed by atoms with Gasteiger partial charge < -0.3 is 19.8 Å². The molecule has 0 aromatic carbocycles. The number of carbonyl (C=O) groups excluding carboxylic acids is 1. The summed E-state index contributed by atoms with van der Waals surface area (Å²) in [6.07, 6.45) is 57.3. The number of unbranched alkanes of at least 4 members (excludes halogenated alkanes) is 24. The van der Waals surface area contributed by atoms with Crippen molar-refractivity contribution in [3.8, 4) is 0 Å². The summed E-state index contributed by atoms with van der Waals surface area (Å²) in [5, 5.41) is 13.9. The summed E-state index contributed by atoms with van der Waals surface area (Å²) in [4.78, 5) is 23.2. The number of amides is 1. The van der Waals surface area contributed by atoms with Crippen LogP contribution in [0.5, 0.6) is 0 Å². The van der Waals surface area contributed by atoms with Crippen LogP contribution in [0.3, 0.4) is 0 Å². The number of aliphatic hydroxyl groups excluding tert-OH is 1. The van der Waals surface area contributed by atoms with E-state index in [-0.39, 0.29) is 19.1 Å². The number of phosphoric acid groups is 1. The van der Waals surface area contributed by atoms with Crippen molar-refractivity contribution >= 4 is 13.7 Å². The van der Waals surface area contributed by atoms with Crippen molar-refractivity contribution in [3.63, 3.8) is 0 Å². The van der Waals surface area contributed by atoms with Gasteiger partial charge in [-0.05, 0) is 64.2 Å². The number of allylic oxidation sites excluding steroid dienone is 9. The number of carbonyl (C=O) groups is 1. The summed E-state index contributed by atoms with van der Waals surface area (Å²) in [5.41, 5.74) is 0. The SMILES string of the molecule is CC/C=C\C/C=C\C/C=C\CCCCCCCCCC(=O)NC(COP(=O)(O)OCC[N+](C)(C)C)C(O)/C=C/CC/C=C/CCCCCCCCCCCCCCCCCC. The van der Waals surface area contributed by atoms with E-state index in [9.17, 15) is 19.4 Å². The zero-order valence-electron chi connectivity index (χ0n) is 40.4. The van der Waals surface area contributed by atoms with E-state index in [1.807, 2.05) is 27.2 Å². The topological polar surface area (TPSA) is 105 Å². The fraction of sp³-hybridized carbons (Fsp3) is 0.788. The summed E-state index contributed by atoms with van der Waals surface area (Å²) in [6, 6.07) is -0.871. The molecule has 3 atom stereocenters. The number of hydrogen-bond donors (Lipinski definition) is 3. The molecular weight excluding hydrogens is 780 g/mol. The number of likely N-dealkylation sites (N-methyl/N-ethyl adjacent to an activating group) is 1. The Kier molecular flexibility index (Phi) is 42.2. The average molecular weight is 878 g/mol. The maximum atomic E-state index is 12.9. The summed E-state index contributed by atoms with van der Waals surface area (Å²) >= 11 is 0. The van der Waals surface area contributed by atoms with Crippen molar-refractivity contribution in [2.45, 2.75) is 225 Å². The number of phosphoric ester groups is 1. The predicted octanol–water partition coefficient (Wildman–Crippen LogP) is 14.6. The van der Waals surface area contributed by atoms with Crippen LogP contribution in [0.4, 0.5) is 0 Å². The van der Waals surface area contributed by atoms with Crippen molar-refractivity contribution in [1.82, 2.24) is 5.32 Å². The first-order chi connectivity index (χ1) is 29.5. The van der Waals surface area contributed by atoms with Gasteiger partial charge in [0.05, 0.1) is 39.9 Å². The minimum Gasteiger partial charge on any atom is -0.387 e. The van der Waals surface area contributed by atoms with Gasteiger partial charge >= 0.3 is 7.82 Å². The number of hydrogen-bond acceptors (Lipinski definition) is 5. The highest BCUT2D eigenvalue weighted by molar-refractivity contribution is 7.47. The Morgan fingerprint density at radius 3 is 1.51 bits per heavy atom. The molecule has 0 spiro atoms. The van der Waals surface area contributed by atoms with Gasteiger partial charge in [0.15, 0.2) is 0 Å². The summed E-state index contributed by atoms with van der Waals surface area (Å²) < 4.78 is 23.6. The molecule has 3 N–H and O–H groups in total. The molecule has 356 valence electrons. The van der Waals surface area contributed by atoms with Crippen LogP contribution in [0.1, 0.15) is 213 Å². The Morgan fingerprint density at radius 2 is 1.00 bits per heavy atom. The molecule has 0 heterocycles. The van der Waals surface area contributed by atoms with Gasteiger partial charge in [-0.1, -0.05) is 203 Å². The van der Waals surface area contributed by atoms with E-state index in [1.165, 1.54) is 122 Å². The average Bonchev–Trinajstić information content (AvgIpc) is 3.21. The lowest BCUT2D eigenvalue weighted by molar-refractivity contribution is -0.870. The van der Waals surface area contributed by atoms with Crippen molar-refractivity contribution < 1.29 is 32.9 Å². The molecule has 0 saturated carbocycles. The molecule has 0 aliphatic carbocycles. The van der Waals surface area contributed by atoms with Gasteiger partial charge in [-0.25, -0.2) is 4.57 Å². The summed E-state index contributed by atoms with van der Waals surface area (Å²) in [6.45, 7) is 4.68. The van der Waals surface area contributed by atoms with Gasteiger partial charge in [-0.15, -0.1) is 0 Å². The van der Waals surface area contributed by atoms with Crippen LogP contribution in [-0.4, -0.2) is 73.4 Å². The fourth-order valence-electron chi connectivity index (χ4n) is 7.01. The molecule has 0 radical (unpaired) electrons. The highest BCUT2D eigenvalue weighted by Crippen LogP contribution is 2.43. The molecule has 0 aliphatic rings. The Labute approximate surface area is 377 Å². The molecule has 0 fully saturated rings. The molecule has 3 unspecified atom stereocenters. The molecular formula is C52H98N2O6P+. The Bertz CT molecular complexity index is 1180. The third-order valence-corrected chi connectivity index (χ3v) is 12.0. The molecule has 0 saturated heterocycles. The second-order valence-electron chi connectivity index (χ2n) is 18.2. The lowest BCUT2D eigenvalue weighted by Gasteiger charge is -2.25. The summed E-state index contributed by atoms with van der Waals surface area (Å²) in [7, 11) is 1.54. The molecule has 0 aliphatic heterocycles. The Balaban J connectivity index is 4.38. The van der Waals surface area contributed by atoms with Crippen LogP contribution >= 0.6 is 7.82 Å². The van der Waals surface area contributed by atoms with E-state index >= 15 is 0 Å². The number of rotatable bonds is 45. The Hall–Kier alpha value is -1.80. The van der Waals surface area contributed by atoms with Crippen molar-refractivity contribution in [1.29, 1.82) is 0 Å². The molecule has 1 amide bonds. The van der Waals surface area contributed by atoms with Crippen LogP contribution in [-0.2, 0) is 18.4 Å². The first-order valence-corrected chi connectivity index (χ1v) is 26.7. The van der Waals surface area contributed by atoms with Gasteiger partial charge in [0, 0.05) is 6.42 Å². The first-order valence-electron chi connectivity index (χ1n) is 25.2. The monoisotopic (exact) mass is 878 g/mol. The molecule has 61 heavy (non-hydrogen) atoms. The largest absolute Gasteiger partial charge is 0.472 e. The zero-order valence-corrected chi connectivity index (χ0v) is 41.3. The number of nitrogens with zero attached hydrogens (tertiary/aromatic N) is 1. The van der Waals surface area contributed by atoms with Crippen molar-refractivity contribution in [2.24, 2.45) is 0 Å². The minimum absolute atomic E-state index is 0.0518. The second kappa shape index (κ2) is 43.5. The number of nitrogens with one attached hydrogen (secondary N) is 1. The van der Waals surface area contributed by atoms with Gasteiger partial charge in [-0.2, -0.15) is 0 Å². The molecule has 0 aromatic heterocycles. The molecule has 0 aromatic rings. The molecule has 8 nitrogen and oxygen atoms in total. The van der Waals surface area contributed by atoms with Crippen LogP contribution in [0.15, 0.2) is 60.8 Å². The van der Waals surface area contributed by atoms with E-state index in [2.05, 4.69) is 67.8 Å². The van der Waals surface area contributed by atoms with Crippen LogP contribution in [0.2, 0.25) is 0 Å². The van der Waals surface area contributed by atoms with E-state index in [4.69, 9.17) is 9.05 Å². The van der Waals surface area contributed by atoms with Gasteiger partial charge in [0.1, 0.15) is 13.2 Å².